The fraction of sp³-hybridized carbons (Fsp3) is 0.682. The number of hydrogen-bond acceptors (Lipinski definition) is 14. The molecule has 15 nitrogen and oxygen atoms in total. The molecule has 0 saturated carbocycles. The molecule has 1 heterocycles. The van der Waals surface area contributed by atoms with Crippen molar-refractivity contribution in [3.05, 3.63) is 0 Å². The Morgan fingerprint density at radius 3 is 1.73 bits per heavy atom. The highest BCUT2D eigenvalue weighted by molar-refractivity contribution is 5.78. The lowest BCUT2D eigenvalue weighted by Gasteiger charge is -2.47. The summed E-state index contributed by atoms with van der Waals surface area (Å²) in [6.45, 7) is 5.68. The highest BCUT2D eigenvalue weighted by Crippen LogP contribution is 2.32. The first-order chi connectivity index (χ1) is 17.2. The standard InChI is InChI=1S/C22H31NO14/c1-9(24)23-16-18(17(34-12(4)27)15(33-11(3)26)8-32-10(2)25)37-21(22(30)31-7)20(36-14(6)29)19(16)35-13(5)28/h15-21H,8H2,1-7H3,(H,23,24)/t15-,16?,17-,18-,19?,20+,21?/m1/s1. The van der Waals surface area contributed by atoms with Crippen molar-refractivity contribution in [1.82, 2.24) is 5.32 Å². The largest absolute Gasteiger partial charge is 0.467 e. The first-order valence-electron chi connectivity index (χ1n) is 11.0. The molecule has 1 amide bonds. The molecule has 0 bridgehead atoms. The van der Waals surface area contributed by atoms with Crippen molar-refractivity contribution in [3.63, 3.8) is 0 Å². The molecule has 0 spiro atoms. The smallest absolute Gasteiger partial charge is 0.339 e. The second-order valence-corrected chi connectivity index (χ2v) is 7.94. The van der Waals surface area contributed by atoms with Gasteiger partial charge in [0, 0.05) is 41.5 Å². The van der Waals surface area contributed by atoms with E-state index < -0.39 is 91.0 Å². The van der Waals surface area contributed by atoms with Crippen LogP contribution < -0.4 is 5.32 Å². The molecule has 0 aromatic carbocycles. The molecular weight excluding hydrogens is 502 g/mol. The predicted molar refractivity (Wildman–Crippen MR) is 117 cm³/mol. The van der Waals surface area contributed by atoms with E-state index in [9.17, 15) is 33.6 Å². The summed E-state index contributed by atoms with van der Waals surface area (Å²) in [5, 5.41) is 2.47. The zero-order valence-corrected chi connectivity index (χ0v) is 21.5. The van der Waals surface area contributed by atoms with Gasteiger partial charge in [-0.25, -0.2) is 4.79 Å². The van der Waals surface area contributed by atoms with E-state index in [1.165, 1.54) is 0 Å². The summed E-state index contributed by atoms with van der Waals surface area (Å²) in [6, 6.07) is -1.44. The zero-order valence-electron chi connectivity index (χ0n) is 21.5. The number of methoxy groups -OCH3 is 1. The lowest BCUT2D eigenvalue weighted by molar-refractivity contribution is -0.245. The summed E-state index contributed by atoms with van der Waals surface area (Å²) in [4.78, 5) is 83.9. The van der Waals surface area contributed by atoms with Gasteiger partial charge < -0.3 is 38.5 Å². The normalized spacial score (nSPS) is 24.4. The fourth-order valence-corrected chi connectivity index (χ4v) is 3.69. The van der Waals surface area contributed by atoms with Gasteiger partial charge in [-0.2, -0.15) is 0 Å². The molecule has 208 valence electrons. The van der Waals surface area contributed by atoms with Crippen molar-refractivity contribution in [1.29, 1.82) is 0 Å². The van der Waals surface area contributed by atoms with Crippen LogP contribution in [0.5, 0.6) is 0 Å². The molecule has 0 aromatic heterocycles. The third kappa shape index (κ3) is 9.67. The van der Waals surface area contributed by atoms with Crippen LogP contribution in [0.15, 0.2) is 0 Å². The molecule has 37 heavy (non-hydrogen) atoms. The van der Waals surface area contributed by atoms with Crippen molar-refractivity contribution < 1.29 is 66.7 Å². The summed E-state index contributed by atoms with van der Waals surface area (Å²) >= 11 is 0. The van der Waals surface area contributed by atoms with Gasteiger partial charge in [0.05, 0.1) is 13.2 Å². The SMILES string of the molecule is COC(=O)C1O[C@@H]([C@H](OC(C)=O)[C@@H](COC(C)=O)OC(C)=O)C(NC(C)=O)C(OC(C)=O)[C@@H]1OC(C)=O. The average Bonchev–Trinajstić information content (AvgIpc) is 2.75. The van der Waals surface area contributed by atoms with Gasteiger partial charge in [-0.3, -0.25) is 28.8 Å². The van der Waals surface area contributed by atoms with E-state index in [4.69, 9.17) is 33.2 Å². The Hall–Kier alpha value is -3.75. The third-order valence-electron chi connectivity index (χ3n) is 4.80. The molecule has 1 rings (SSSR count). The maximum absolute atomic E-state index is 12.6. The Balaban J connectivity index is 3.78. The van der Waals surface area contributed by atoms with E-state index in [0.29, 0.717) is 0 Å². The van der Waals surface area contributed by atoms with E-state index >= 15 is 0 Å². The Bertz CT molecular complexity index is 884. The van der Waals surface area contributed by atoms with Crippen molar-refractivity contribution >= 4 is 41.7 Å². The highest BCUT2D eigenvalue weighted by atomic mass is 16.7. The minimum atomic E-state index is -1.75. The van der Waals surface area contributed by atoms with Gasteiger partial charge in [-0.15, -0.1) is 0 Å². The number of esters is 6. The van der Waals surface area contributed by atoms with Crippen LogP contribution in [0.25, 0.3) is 0 Å². The predicted octanol–water partition coefficient (Wildman–Crippen LogP) is -1.28. The second kappa shape index (κ2) is 14.1. The van der Waals surface area contributed by atoms with Gasteiger partial charge in [0.15, 0.2) is 30.5 Å². The third-order valence-corrected chi connectivity index (χ3v) is 4.80. The van der Waals surface area contributed by atoms with Crippen LogP contribution in [-0.4, -0.2) is 98.1 Å². The summed E-state index contributed by atoms with van der Waals surface area (Å²) < 4.78 is 36.6. The maximum atomic E-state index is 12.6. The summed E-state index contributed by atoms with van der Waals surface area (Å²) in [6.07, 6.45) is -9.67. The molecule has 1 aliphatic rings. The summed E-state index contributed by atoms with van der Waals surface area (Å²) in [5.74, 6) is -6.05. The molecule has 3 unspecified atom stereocenters. The first kappa shape index (κ1) is 31.3. The molecule has 15 heteroatoms. The van der Waals surface area contributed by atoms with E-state index in [1.807, 2.05) is 0 Å². The molecule has 1 N–H and O–H groups in total. The van der Waals surface area contributed by atoms with Crippen LogP contribution in [0.1, 0.15) is 41.5 Å². The van der Waals surface area contributed by atoms with Crippen molar-refractivity contribution in [2.24, 2.45) is 0 Å². The molecule has 1 saturated heterocycles. The van der Waals surface area contributed by atoms with Crippen LogP contribution in [0.3, 0.4) is 0 Å². The zero-order chi connectivity index (χ0) is 28.4. The molecule has 0 aromatic rings. The van der Waals surface area contributed by atoms with Gasteiger partial charge >= 0.3 is 35.8 Å². The fourth-order valence-electron chi connectivity index (χ4n) is 3.69. The second-order valence-electron chi connectivity index (χ2n) is 7.94. The topological polar surface area (TPSA) is 196 Å². The van der Waals surface area contributed by atoms with E-state index in [-0.39, 0.29) is 0 Å². The Labute approximate surface area is 212 Å². The average molecular weight is 533 g/mol. The molecule has 7 atom stereocenters. The van der Waals surface area contributed by atoms with Crippen molar-refractivity contribution in [2.45, 2.75) is 84.2 Å². The summed E-state index contributed by atoms with van der Waals surface area (Å²) in [7, 11) is 1.01. The highest BCUT2D eigenvalue weighted by Gasteiger charge is 2.57. The summed E-state index contributed by atoms with van der Waals surface area (Å²) in [5.41, 5.74) is 0. The van der Waals surface area contributed by atoms with Gasteiger partial charge in [-0.1, -0.05) is 0 Å². The number of carbonyl (C=O) groups excluding carboxylic acids is 7. The first-order valence-corrected chi connectivity index (χ1v) is 11.0. The Morgan fingerprint density at radius 1 is 0.757 bits per heavy atom. The van der Waals surface area contributed by atoms with Crippen molar-refractivity contribution in [3.8, 4) is 0 Å². The van der Waals surface area contributed by atoms with Crippen LogP contribution in [0, 0.1) is 0 Å². The lowest BCUT2D eigenvalue weighted by atomic mass is 9.87. The van der Waals surface area contributed by atoms with Gasteiger partial charge in [-0.05, 0) is 0 Å². The minimum Gasteiger partial charge on any atom is -0.467 e. The van der Waals surface area contributed by atoms with Crippen LogP contribution >= 0.6 is 0 Å². The van der Waals surface area contributed by atoms with E-state index in [0.717, 1.165) is 48.7 Å². The maximum Gasteiger partial charge on any atom is 0.339 e. The van der Waals surface area contributed by atoms with E-state index in [1.54, 1.807) is 0 Å². The van der Waals surface area contributed by atoms with E-state index in [2.05, 4.69) is 5.32 Å². The monoisotopic (exact) mass is 533 g/mol. The lowest BCUT2D eigenvalue weighted by Crippen LogP contribution is -2.70. The van der Waals surface area contributed by atoms with Crippen LogP contribution in [-0.2, 0) is 66.7 Å². The van der Waals surface area contributed by atoms with Gasteiger partial charge in [0.25, 0.3) is 0 Å². The Morgan fingerprint density at radius 2 is 1.30 bits per heavy atom. The quantitative estimate of drug-likeness (QED) is 0.257. The van der Waals surface area contributed by atoms with Gasteiger partial charge in [0.1, 0.15) is 12.7 Å². The minimum absolute atomic E-state index is 0.617. The number of carbonyl (C=O) groups is 7. The molecule has 0 aliphatic carbocycles. The molecule has 1 aliphatic heterocycles. The Kier molecular flexibility index (Phi) is 11.9. The van der Waals surface area contributed by atoms with Crippen LogP contribution in [0.4, 0.5) is 0 Å². The number of hydrogen-bond donors (Lipinski definition) is 1. The number of nitrogens with one attached hydrogen (secondary N) is 1. The number of rotatable bonds is 10. The van der Waals surface area contributed by atoms with Crippen molar-refractivity contribution in [2.75, 3.05) is 13.7 Å². The van der Waals surface area contributed by atoms with Gasteiger partial charge in [0.2, 0.25) is 5.91 Å². The molecule has 0 radical (unpaired) electrons. The molecular formula is C22H31NO14. The number of amides is 1. The number of ether oxygens (including phenoxy) is 7. The van der Waals surface area contributed by atoms with Crippen LogP contribution in [0.2, 0.25) is 0 Å². The molecule has 1 fully saturated rings.